The van der Waals surface area contributed by atoms with Gasteiger partial charge in [-0.3, -0.25) is 4.79 Å². The summed E-state index contributed by atoms with van der Waals surface area (Å²) in [7, 11) is 0. The number of nitrogens with one attached hydrogen (secondary N) is 1. The third kappa shape index (κ3) is 8.71. The Kier molecular flexibility index (Phi) is 11.5. The molecule has 0 spiro atoms. The lowest BCUT2D eigenvalue weighted by molar-refractivity contribution is -0.131. The third-order valence-corrected chi connectivity index (χ3v) is 9.17. The molecule has 0 fully saturated rings. The molecule has 1 aliphatic rings. The zero-order valence-corrected chi connectivity index (χ0v) is 26.3. The smallest absolute Gasteiger partial charge is 0.331 e. The topological polar surface area (TPSA) is 78.9 Å². The van der Waals surface area contributed by atoms with Gasteiger partial charge in [-0.2, -0.15) is 0 Å². The molecule has 0 atom stereocenters. The van der Waals surface area contributed by atoms with Gasteiger partial charge in [0.15, 0.2) is 0 Å². The molecule has 2 aromatic rings. The minimum absolute atomic E-state index is 0.0769. The fourth-order valence-corrected chi connectivity index (χ4v) is 6.82. The van der Waals surface area contributed by atoms with Crippen molar-refractivity contribution >= 4 is 46.8 Å². The summed E-state index contributed by atoms with van der Waals surface area (Å²) in [6, 6.07) is 12.1. The van der Waals surface area contributed by atoms with Crippen LogP contribution < -0.4 is 15.0 Å². The maximum absolute atomic E-state index is 12.8. The van der Waals surface area contributed by atoms with Crippen LogP contribution in [0.2, 0.25) is 0 Å². The number of thioether (sulfide) groups is 2. The Morgan fingerprint density at radius 1 is 1.12 bits per heavy atom. The van der Waals surface area contributed by atoms with Crippen LogP contribution in [0.4, 0.5) is 11.4 Å². The van der Waals surface area contributed by atoms with E-state index in [0.29, 0.717) is 11.3 Å². The Morgan fingerprint density at radius 2 is 1.77 bits per heavy atom. The summed E-state index contributed by atoms with van der Waals surface area (Å²) in [4.78, 5) is 28.3. The van der Waals surface area contributed by atoms with E-state index in [0.717, 1.165) is 65.2 Å². The van der Waals surface area contributed by atoms with Crippen LogP contribution in [0.3, 0.4) is 0 Å². The summed E-state index contributed by atoms with van der Waals surface area (Å²) in [6.07, 6.45) is 11.3. The molecule has 1 amide bonds. The van der Waals surface area contributed by atoms with Crippen molar-refractivity contribution in [3.05, 3.63) is 54.3 Å². The van der Waals surface area contributed by atoms with Crippen LogP contribution in [-0.2, 0) is 4.79 Å². The number of amides is 1. The van der Waals surface area contributed by atoms with E-state index in [1.165, 1.54) is 19.1 Å². The summed E-state index contributed by atoms with van der Waals surface area (Å²) in [5.41, 5.74) is 2.65. The van der Waals surface area contributed by atoms with Gasteiger partial charge in [-0.05, 0) is 81.7 Å². The number of rotatable bonds is 12. The first-order chi connectivity index (χ1) is 19.0. The minimum atomic E-state index is -1.04. The van der Waals surface area contributed by atoms with Crippen LogP contribution in [0.25, 0.3) is 0 Å². The highest BCUT2D eigenvalue weighted by molar-refractivity contribution is 7.99. The SMILES string of the molecule is CCCCC1(CCCC)CSc2cc(O/C=C/C(=O)O)c(SC)cc2N(c2ccc(C(=O)NC(C)(C)C)cc2)C1. The molecule has 0 radical (unpaired) electrons. The fraction of sp³-hybridized carbons (Fsp3) is 0.500. The lowest BCUT2D eigenvalue weighted by atomic mass is 9.79. The fourth-order valence-electron chi connectivity index (χ4n) is 4.94. The van der Waals surface area contributed by atoms with Gasteiger partial charge in [0, 0.05) is 34.0 Å². The van der Waals surface area contributed by atoms with Crippen LogP contribution in [0, 0.1) is 5.41 Å². The first-order valence-corrected chi connectivity index (χ1v) is 16.3. The molecule has 2 N–H and O–H groups in total. The van der Waals surface area contributed by atoms with Gasteiger partial charge < -0.3 is 20.1 Å². The predicted octanol–water partition coefficient (Wildman–Crippen LogP) is 8.52. The van der Waals surface area contributed by atoms with E-state index < -0.39 is 5.97 Å². The monoisotopic (exact) mass is 584 g/mol. The number of fused-ring (bicyclic) bond motifs is 1. The summed E-state index contributed by atoms with van der Waals surface area (Å²) in [5, 5.41) is 12.1. The van der Waals surface area contributed by atoms with Crippen molar-refractivity contribution < 1.29 is 19.4 Å². The van der Waals surface area contributed by atoms with Crippen LogP contribution in [0.1, 0.15) is 83.5 Å². The molecular weight excluding hydrogens is 540 g/mol. The Morgan fingerprint density at radius 3 is 2.33 bits per heavy atom. The molecule has 1 aliphatic heterocycles. The molecule has 0 bridgehead atoms. The number of carboxylic acid groups (broad SMARTS) is 1. The lowest BCUT2D eigenvalue weighted by Gasteiger charge is -2.38. The molecule has 0 saturated carbocycles. The molecule has 2 aromatic carbocycles. The number of anilines is 2. The van der Waals surface area contributed by atoms with Crippen molar-refractivity contribution in [1.82, 2.24) is 5.32 Å². The number of ether oxygens (including phenoxy) is 1. The van der Waals surface area contributed by atoms with Gasteiger partial charge in [-0.1, -0.05) is 39.5 Å². The van der Waals surface area contributed by atoms with Gasteiger partial charge in [0.1, 0.15) is 5.75 Å². The Hall–Kier alpha value is -2.58. The van der Waals surface area contributed by atoms with Crippen LogP contribution in [-0.4, -0.2) is 41.1 Å². The number of benzene rings is 2. The summed E-state index contributed by atoms with van der Waals surface area (Å²) in [6.45, 7) is 11.4. The first kappa shape index (κ1) is 31.9. The number of hydrogen-bond donors (Lipinski definition) is 2. The van der Waals surface area contributed by atoms with Crippen molar-refractivity contribution in [2.24, 2.45) is 5.41 Å². The second-order valence-corrected chi connectivity index (χ2v) is 13.4. The highest BCUT2D eigenvalue weighted by atomic mass is 32.2. The summed E-state index contributed by atoms with van der Waals surface area (Å²) in [5.74, 6) is 0.537. The van der Waals surface area contributed by atoms with E-state index in [2.05, 4.69) is 42.3 Å². The van der Waals surface area contributed by atoms with E-state index in [4.69, 9.17) is 9.84 Å². The molecule has 0 unspecified atom stereocenters. The molecule has 0 aliphatic carbocycles. The molecular formula is C32H44N2O4S2. The highest BCUT2D eigenvalue weighted by Crippen LogP contribution is 2.50. The van der Waals surface area contributed by atoms with Crippen LogP contribution in [0.15, 0.2) is 58.5 Å². The first-order valence-electron chi connectivity index (χ1n) is 14.1. The molecule has 40 heavy (non-hydrogen) atoms. The number of nitrogens with zero attached hydrogens (tertiary/aromatic N) is 1. The predicted molar refractivity (Wildman–Crippen MR) is 169 cm³/mol. The molecule has 3 rings (SSSR count). The molecule has 0 saturated heterocycles. The highest BCUT2D eigenvalue weighted by Gasteiger charge is 2.36. The second kappa shape index (κ2) is 14.4. The zero-order valence-electron chi connectivity index (χ0n) is 24.7. The number of carbonyl (C=O) groups is 2. The van der Waals surface area contributed by atoms with E-state index >= 15 is 0 Å². The van der Waals surface area contributed by atoms with Gasteiger partial charge in [0.25, 0.3) is 5.91 Å². The molecule has 218 valence electrons. The van der Waals surface area contributed by atoms with Crippen molar-refractivity contribution in [2.75, 3.05) is 23.5 Å². The normalized spacial score (nSPS) is 15.0. The number of carbonyl (C=O) groups excluding carboxylic acids is 1. The maximum Gasteiger partial charge on any atom is 0.331 e. The Bertz CT molecular complexity index is 1180. The van der Waals surface area contributed by atoms with E-state index in [9.17, 15) is 9.59 Å². The van der Waals surface area contributed by atoms with Crippen molar-refractivity contribution in [1.29, 1.82) is 0 Å². The van der Waals surface area contributed by atoms with Gasteiger partial charge >= 0.3 is 5.97 Å². The van der Waals surface area contributed by atoms with E-state index in [1.54, 1.807) is 11.8 Å². The minimum Gasteiger partial charge on any atom is -0.478 e. The number of unbranched alkanes of at least 4 members (excludes halogenated alkanes) is 2. The number of hydrogen-bond acceptors (Lipinski definition) is 6. The van der Waals surface area contributed by atoms with Crippen molar-refractivity contribution in [3.8, 4) is 5.75 Å². The maximum atomic E-state index is 12.8. The summed E-state index contributed by atoms with van der Waals surface area (Å²) >= 11 is 3.44. The number of aliphatic carboxylic acids is 1. The molecule has 0 aromatic heterocycles. The zero-order chi connectivity index (χ0) is 29.3. The van der Waals surface area contributed by atoms with Crippen molar-refractivity contribution in [2.45, 2.75) is 88.5 Å². The Labute approximate surface area is 248 Å². The largest absolute Gasteiger partial charge is 0.478 e. The quantitative estimate of drug-likeness (QED) is 0.147. The summed E-state index contributed by atoms with van der Waals surface area (Å²) < 4.78 is 5.79. The molecule has 8 heteroatoms. The Balaban J connectivity index is 2.08. The van der Waals surface area contributed by atoms with Gasteiger partial charge in [0.05, 0.1) is 22.9 Å². The van der Waals surface area contributed by atoms with Crippen molar-refractivity contribution in [3.63, 3.8) is 0 Å². The van der Waals surface area contributed by atoms with Crippen LogP contribution in [0.5, 0.6) is 5.75 Å². The number of carboxylic acids is 1. The van der Waals surface area contributed by atoms with E-state index in [1.807, 2.05) is 57.0 Å². The molecule has 6 nitrogen and oxygen atoms in total. The third-order valence-electron chi connectivity index (χ3n) is 7.02. The average molecular weight is 585 g/mol. The molecule has 1 heterocycles. The van der Waals surface area contributed by atoms with E-state index in [-0.39, 0.29) is 16.9 Å². The van der Waals surface area contributed by atoms with Gasteiger partial charge in [0.2, 0.25) is 0 Å². The van der Waals surface area contributed by atoms with Crippen LogP contribution >= 0.6 is 23.5 Å². The standard InChI is InChI=1S/C32H44N2O4S2/c1-7-9-16-32(17-10-8-2)21-34(24-13-11-23(12-14-24)30(37)33-31(3,4)5)25-19-28(39-6)26(20-27(25)40-22-32)38-18-15-29(35)36/h11-15,18-20H,7-10,16-17,21-22H2,1-6H3,(H,33,37)(H,35,36)/b18-15+. The van der Waals surface area contributed by atoms with Gasteiger partial charge in [-0.15, -0.1) is 23.5 Å². The average Bonchev–Trinajstić information content (AvgIpc) is 3.06. The lowest BCUT2D eigenvalue weighted by Crippen LogP contribution is -2.40. The second-order valence-electron chi connectivity index (χ2n) is 11.6. The van der Waals surface area contributed by atoms with Gasteiger partial charge in [-0.25, -0.2) is 4.79 Å².